The first kappa shape index (κ1) is 13.2. The zero-order valence-corrected chi connectivity index (χ0v) is 12.0. The van der Waals surface area contributed by atoms with Gasteiger partial charge in [-0.05, 0) is 55.7 Å². The van der Waals surface area contributed by atoms with Crippen LogP contribution in [0.5, 0.6) is 0 Å². The molecule has 0 aliphatic carbocycles. The fourth-order valence-electron chi connectivity index (χ4n) is 2.00. The van der Waals surface area contributed by atoms with E-state index in [4.69, 9.17) is 5.73 Å². The predicted octanol–water partition coefficient (Wildman–Crippen LogP) is 4.22. The average molecular weight is 257 g/mol. The summed E-state index contributed by atoms with van der Waals surface area (Å²) in [4.78, 5) is 2.59. The van der Waals surface area contributed by atoms with Gasteiger partial charge in [0.1, 0.15) is 0 Å². The molecule has 0 radical (unpaired) electrons. The van der Waals surface area contributed by atoms with Crippen LogP contribution in [0.1, 0.15) is 22.3 Å². The van der Waals surface area contributed by atoms with Crippen molar-refractivity contribution in [3.8, 4) is 0 Å². The Balaban J connectivity index is 2.26. The highest BCUT2D eigenvalue weighted by Gasteiger charge is 2.03. The second kappa shape index (κ2) is 5.59. The summed E-state index contributed by atoms with van der Waals surface area (Å²) in [5.41, 5.74) is 10.8. The highest BCUT2D eigenvalue weighted by molar-refractivity contribution is 7.99. The van der Waals surface area contributed by atoms with E-state index < -0.39 is 0 Å². The molecule has 0 aliphatic heterocycles. The molecule has 0 fully saturated rings. The molecule has 18 heavy (non-hydrogen) atoms. The lowest BCUT2D eigenvalue weighted by Gasteiger charge is -2.09. The average Bonchev–Trinajstić information content (AvgIpc) is 2.33. The van der Waals surface area contributed by atoms with Crippen molar-refractivity contribution in [2.45, 2.75) is 37.1 Å². The fourth-order valence-corrected chi connectivity index (χ4v) is 2.98. The van der Waals surface area contributed by atoms with E-state index in [-0.39, 0.29) is 0 Å². The summed E-state index contributed by atoms with van der Waals surface area (Å²) < 4.78 is 0. The van der Waals surface area contributed by atoms with E-state index in [1.165, 1.54) is 32.0 Å². The van der Waals surface area contributed by atoms with E-state index in [0.717, 1.165) is 0 Å². The third kappa shape index (κ3) is 2.95. The minimum absolute atomic E-state index is 0.611. The maximum absolute atomic E-state index is 5.69. The van der Waals surface area contributed by atoms with Crippen LogP contribution in [-0.2, 0) is 6.54 Å². The number of hydrogen-bond donors (Lipinski definition) is 1. The van der Waals surface area contributed by atoms with Crippen LogP contribution in [0.2, 0.25) is 0 Å². The summed E-state index contributed by atoms with van der Waals surface area (Å²) >= 11 is 1.82. The smallest absolute Gasteiger partial charge is 0.0180 e. The first-order valence-electron chi connectivity index (χ1n) is 6.15. The van der Waals surface area contributed by atoms with Gasteiger partial charge in [0.2, 0.25) is 0 Å². The number of aryl methyl sites for hydroxylation is 3. The lowest BCUT2D eigenvalue weighted by atomic mass is 10.1. The maximum Gasteiger partial charge on any atom is 0.0180 e. The molecule has 0 saturated carbocycles. The van der Waals surface area contributed by atoms with Crippen LogP contribution < -0.4 is 5.73 Å². The Morgan fingerprint density at radius 1 is 0.944 bits per heavy atom. The molecule has 0 aliphatic rings. The van der Waals surface area contributed by atoms with E-state index in [0.29, 0.717) is 6.54 Å². The number of nitrogens with two attached hydrogens (primary N) is 1. The second-order valence-corrected chi connectivity index (χ2v) is 5.78. The van der Waals surface area contributed by atoms with Crippen molar-refractivity contribution in [2.75, 3.05) is 0 Å². The lowest BCUT2D eigenvalue weighted by molar-refractivity contribution is 1.04. The summed E-state index contributed by atoms with van der Waals surface area (Å²) in [5.74, 6) is 0. The van der Waals surface area contributed by atoms with Crippen molar-refractivity contribution in [3.05, 3.63) is 58.7 Å². The molecule has 2 aromatic rings. The molecule has 2 aromatic carbocycles. The van der Waals surface area contributed by atoms with Gasteiger partial charge in [-0.15, -0.1) is 0 Å². The van der Waals surface area contributed by atoms with Crippen molar-refractivity contribution < 1.29 is 0 Å². The van der Waals surface area contributed by atoms with Crippen LogP contribution in [0.3, 0.4) is 0 Å². The van der Waals surface area contributed by atoms with E-state index in [1.54, 1.807) is 0 Å². The van der Waals surface area contributed by atoms with Gasteiger partial charge in [0.15, 0.2) is 0 Å². The monoisotopic (exact) mass is 257 g/mol. The molecule has 0 amide bonds. The van der Waals surface area contributed by atoms with Crippen LogP contribution in [-0.4, -0.2) is 0 Å². The molecule has 0 heterocycles. The van der Waals surface area contributed by atoms with E-state index >= 15 is 0 Å². The molecule has 0 unspecified atom stereocenters. The summed E-state index contributed by atoms with van der Waals surface area (Å²) in [6.07, 6.45) is 0. The van der Waals surface area contributed by atoms with Gasteiger partial charge in [0, 0.05) is 16.3 Å². The normalized spacial score (nSPS) is 10.7. The molecule has 0 aromatic heterocycles. The summed E-state index contributed by atoms with van der Waals surface area (Å²) in [6, 6.07) is 13.1. The topological polar surface area (TPSA) is 26.0 Å². The number of rotatable bonds is 3. The minimum Gasteiger partial charge on any atom is -0.326 e. The van der Waals surface area contributed by atoms with E-state index in [1.807, 2.05) is 11.8 Å². The van der Waals surface area contributed by atoms with Gasteiger partial charge < -0.3 is 5.73 Å². The van der Waals surface area contributed by atoms with Gasteiger partial charge >= 0.3 is 0 Å². The molecule has 0 saturated heterocycles. The molecule has 2 N–H and O–H groups in total. The quantitative estimate of drug-likeness (QED) is 0.891. The minimum atomic E-state index is 0.611. The SMILES string of the molecule is Cc1ccc(Sc2ccc(CN)c(C)c2)c(C)c1. The molecule has 0 atom stereocenters. The second-order valence-electron chi connectivity index (χ2n) is 4.66. The third-order valence-corrected chi connectivity index (χ3v) is 4.26. The summed E-state index contributed by atoms with van der Waals surface area (Å²) in [6.45, 7) is 7.02. The molecule has 94 valence electrons. The predicted molar refractivity (Wildman–Crippen MR) is 79.1 cm³/mol. The summed E-state index contributed by atoms with van der Waals surface area (Å²) in [5, 5.41) is 0. The maximum atomic E-state index is 5.69. The van der Waals surface area contributed by atoms with Crippen molar-refractivity contribution in [3.63, 3.8) is 0 Å². The Bertz CT molecular complexity index is 561. The zero-order valence-electron chi connectivity index (χ0n) is 11.2. The summed E-state index contributed by atoms with van der Waals surface area (Å²) in [7, 11) is 0. The van der Waals surface area contributed by atoms with E-state index in [2.05, 4.69) is 57.2 Å². The van der Waals surface area contributed by atoms with Gasteiger partial charge in [0.05, 0.1) is 0 Å². The lowest BCUT2D eigenvalue weighted by Crippen LogP contribution is -1.98. The van der Waals surface area contributed by atoms with Gasteiger partial charge in [-0.1, -0.05) is 35.5 Å². The van der Waals surface area contributed by atoms with Crippen molar-refractivity contribution in [2.24, 2.45) is 5.73 Å². The van der Waals surface area contributed by atoms with E-state index in [9.17, 15) is 0 Å². The Kier molecular flexibility index (Phi) is 4.10. The Morgan fingerprint density at radius 3 is 2.33 bits per heavy atom. The largest absolute Gasteiger partial charge is 0.326 e. The van der Waals surface area contributed by atoms with Crippen LogP contribution in [0.4, 0.5) is 0 Å². The Labute approximate surface area is 113 Å². The number of benzene rings is 2. The van der Waals surface area contributed by atoms with Crippen molar-refractivity contribution in [1.29, 1.82) is 0 Å². The van der Waals surface area contributed by atoms with Crippen molar-refractivity contribution >= 4 is 11.8 Å². The van der Waals surface area contributed by atoms with Gasteiger partial charge in [-0.2, -0.15) is 0 Å². The first-order chi connectivity index (χ1) is 8.60. The highest BCUT2D eigenvalue weighted by Crippen LogP contribution is 2.31. The number of hydrogen-bond acceptors (Lipinski definition) is 2. The molecule has 1 nitrogen and oxygen atoms in total. The van der Waals surface area contributed by atoms with Gasteiger partial charge in [-0.3, -0.25) is 0 Å². The van der Waals surface area contributed by atoms with Crippen LogP contribution in [0, 0.1) is 20.8 Å². The molecular formula is C16H19NS. The van der Waals surface area contributed by atoms with Gasteiger partial charge in [0.25, 0.3) is 0 Å². The van der Waals surface area contributed by atoms with Crippen LogP contribution >= 0.6 is 11.8 Å². The van der Waals surface area contributed by atoms with Gasteiger partial charge in [-0.25, -0.2) is 0 Å². The third-order valence-electron chi connectivity index (χ3n) is 3.09. The molecule has 2 rings (SSSR count). The molecule has 0 bridgehead atoms. The Morgan fingerprint density at radius 2 is 1.72 bits per heavy atom. The first-order valence-corrected chi connectivity index (χ1v) is 6.96. The zero-order chi connectivity index (χ0) is 13.1. The Hall–Kier alpha value is -1.25. The molecular weight excluding hydrogens is 238 g/mol. The standard InChI is InChI=1S/C16H19NS/c1-11-4-7-16(13(3)8-11)18-15-6-5-14(10-17)12(2)9-15/h4-9H,10,17H2,1-3H3. The van der Waals surface area contributed by atoms with Crippen molar-refractivity contribution in [1.82, 2.24) is 0 Å². The molecule has 0 spiro atoms. The van der Waals surface area contributed by atoms with Crippen LogP contribution in [0.15, 0.2) is 46.2 Å². The fraction of sp³-hybridized carbons (Fsp3) is 0.250. The van der Waals surface area contributed by atoms with Crippen LogP contribution in [0.25, 0.3) is 0 Å². The molecule has 2 heteroatoms. The highest BCUT2D eigenvalue weighted by atomic mass is 32.2.